The van der Waals surface area contributed by atoms with E-state index in [-0.39, 0.29) is 57.1 Å². The van der Waals surface area contributed by atoms with E-state index in [2.05, 4.69) is 10.3 Å². The number of nitrogens with zero attached hydrogens (tertiary/aromatic N) is 4. The molecule has 0 radical (unpaired) electrons. The molecule has 0 aliphatic carbocycles. The quantitative estimate of drug-likeness (QED) is 0.431. The van der Waals surface area contributed by atoms with Gasteiger partial charge in [-0.1, -0.05) is 5.21 Å². The molecule has 0 bridgehead atoms. The maximum atomic E-state index is 10.5. The molecule has 13 heavy (non-hydrogen) atoms. The van der Waals surface area contributed by atoms with Crippen molar-refractivity contribution in [2.45, 2.75) is 6.54 Å². The van der Waals surface area contributed by atoms with Crippen molar-refractivity contribution in [3.8, 4) is 0 Å². The van der Waals surface area contributed by atoms with Crippen LogP contribution in [0.3, 0.4) is 0 Å². The second-order valence-corrected chi connectivity index (χ2v) is 2.69. The van der Waals surface area contributed by atoms with Gasteiger partial charge >= 0.3 is 51.4 Å². The average Bonchev–Trinajstić information content (AvgIpc) is 2.53. The number of fused-ring (bicyclic) bond motifs is 1. The number of aromatic nitrogens is 3. The molecule has 0 spiro atoms. The van der Waals surface area contributed by atoms with Gasteiger partial charge in [0.15, 0.2) is 11.5 Å². The van der Waals surface area contributed by atoms with Crippen LogP contribution in [0.5, 0.6) is 0 Å². The number of hydrogen-bond donors (Lipinski definition) is 0. The van der Waals surface area contributed by atoms with Gasteiger partial charge in [-0.15, -0.1) is 5.10 Å². The fraction of sp³-hybridized carbons (Fsp3) is 0.500. The van der Waals surface area contributed by atoms with Crippen LogP contribution in [0.1, 0.15) is 10.5 Å². The summed E-state index contributed by atoms with van der Waals surface area (Å²) >= 11 is 0. The molecule has 0 atom stereocenters. The first kappa shape index (κ1) is 11.1. The van der Waals surface area contributed by atoms with Crippen molar-refractivity contribution in [1.29, 1.82) is 0 Å². The van der Waals surface area contributed by atoms with Gasteiger partial charge in [-0.05, 0) is 0 Å². The predicted octanol–water partition coefficient (Wildman–Crippen LogP) is -4.90. The number of carboxylic acid groups (broad SMARTS) is 1. The molecule has 1 aliphatic rings. The maximum Gasteiger partial charge on any atom is 1.00 e. The molecule has 0 fully saturated rings. The van der Waals surface area contributed by atoms with Crippen molar-refractivity contribution >= 4 is 11.8 Å². The molecule has 2 heterocycles. The van der Waals surface area contributed by atoms with Crippen LogP contribution in [0.15, 0.2) is 0 Å². The standard InChI is InChI=1S/C6H8N4O2.K/c1-9-2-3-10-5(9)4(6(11)12)7-8-10;/h2-3H2,1H3,(H,11,12);/q;+1/p-1. The number of anilines is 1. The molecule has 0 unspecified atom stereocenters. The summed E-state index contributed by atoms with van der Waals surface area (Å²) in [5, 5.41) is 17.7. The third-order valence-electron chi connectivity index (χ3n) is 1.91. The number of hydrogen-bond acceptors (Lipinski definition) is 5. The van der Waals surface area contributed by atoms with Crippen molar-refractivity contribution in [3.63, 3.8) is 0 Å². The van der Waals surface area contributed by atoms with Crippen LogP contribution in [0.25, 0.3) is 0 Å². The summed E-state index contributed by atoms with van der Waals surface area (Å²) in [7, 11) is 1.80. The Morgan fingerprint density at radius 1 is 1.54 bits per heavy atom. The fourth-order valence-electron chi connectivity index (χ4n) is 1.32. The predicted molar refractivity (Wildman–Crippen MR) is 37.6 cm³/mol. The van der Waals surface area contributed by atoms with Gasteiger partial charge in [-0.25, -0.2) is 4.68 Å². The van der Waals surface area contributed by atoms with E-state index in [0.29, 0.717) is 12.4 Å². The molecule has 0 saturated heterocycles. The fourth-order valence-corrected chi connectivity index (χ4v) is 1.32. The summed E-state index contributed by atoms with van der Waals surface area (Å²) in [6.45, 7) is 1.46. The van der Waals surface area contributed by atoms with Crippen LogP contribution in [-0.2, 0) is 6.54 Å². The van der Waals surface area contributed by atoms with Crippen LogP contribution >= 0.6 is 0 Å². The van der Waals surface area contributed by atoms with E-state index in [1.54, 1.807) is 16.6 Å². The molecule has 0 N–H and O–H groups in total. The third kappa shape index (κ3) is 1.79. The first-order valence-corrected chi connectivity index (χ1v) is 3.56. The summed E-state index contributed by atoms with van der Waals surface area (Å²) in [5.41, 5.74) is -0.0741. The molecular weight excluding hydrogens is 199 g/mol. The van der Waals surface area contributed by atoms with Gasteiger partial charge in [0.2, 0.25) is 0 Å². The number of carboxylic acids is 1. The summed E-state index contributed by atoms with van der Waals surface area (Å²) in [6, 6.07) is 0. The van der Waals surface area contributed by atoms with E-state index in [4.69, 9.17) is 0 Å². The van der Waals surface area contributed by atoms with Crippen molar-refractivity contribution < 1.29 is 61.3 Å². The molecule has 1 aromatic rings. The van der Waals surface area contributed by atoms with Gasteiger partial charge in [0.05, 0.1) is 12.5 Å². The van der Waals surface area contributed by atoms with Crippen molar-refractivity contribution in [2.24, 2.45) is 0 Å². The van der Waals surface area contributed by atoms with Gasteiger partial charge in [0.1, 0.15) is 0 Å². The van der Waals surface area contributed by atoms with Gasteiger partial charge in [-0.2, -0.15) is 0 Å². The molecule has 1 aliphatic heterocycles. The molecule has 7 heteroatoms. The minimum atomic E-state index is -1.27. The molecule has 0 saturated carbocycles. The zero-order valence-electron chi connectivity index (χ0n) is 7.52. The Morgan fingerprint density at radius 2 is 2.23 bits per heavy atom. The van der Waals surface area contributed by atoms with E-state index < -0.39 is 5.97 Å². The van der Waals surface area contributed by atoms with Crippen LogP contribution in [0.2, 0.25) is 0 Å². The summed E-state index contributed by atoms with van der Waals surface area (Å²) in [6.07, 6.45) is 0. The zero-order valence-corrected chi connectivity index (χ0v) is 10.6. The van der Waals surface area contributed by atoms with E-state index >= 15 is 0 Å². The summed E-state index contributed by atoms with van der Waals surface area (Å²) in [4.78, 5) is 12.3. The first-order valence-electron chi connectivity index (χ1n) is 3.56. The second kappa shape index (κ2) is 4.05. The number of carbonyl (C=O) groups excluding carboxylic acids is 1. The number of carbonyl (C=O) groups is 1. The second-order valence-electron chi connectivity index (χ2n) is 2.69. The van der Waals surface area contributed by atoms with E-state index in [0.717, 1.165) is 6.54 Å². The minimum Gasteiger partial charge on any atom is -0.543 e. The number of aromatic carboxylic acids is 1. The van der Waals surface area contributed by atoms with Crippen LogP contribution in [0.4, 0.5) is 5.82 Å². The Labute approximate surface area is 117 Å². The molecule has 6 nitrogen and oxygen atoms in total. The maximum absolute atomic E-state index is 10.5. The monoisotopic (exact) mass is 206 g/mol. The Balaban J connectivity index is 0.000000845. The zero-order chi connectivity index (χ0) is 8.72. The van der Waals surface area contributed by atoms with Crippen molar-refractivity contribution in [3.05, 3.63) is 5.69 Å². The van der Waals surface area contributed by atoms with E-state index in [1.807, 2.05) is 0 Å². The summed E-state index contributed by atoms with van der Waals surface area (Å²) in [5.74, 6) is -0.736. The Kier molecular flexibility index (Phi) is 3.47. The van der Waals surface area contributed by atoms with Gasteiger partial charge in [0, 0.05) is 13.6 Å². The van der Waals surface area contributed by atoms with Crippen molar-refractivity contribution in [2.75, 3.05) is 18.5 Å². The minimum absolute atomic E-state index is 0. The Bertz CT molecular complexity index is 337. The van der Waals surface area contributed by atoms with E-state index in [1.165, 1.54) is 0 Å². The normalized spacial score (nSPS) is 13.8. The number of likely N-dealkylation sites (N-methyl/N-ethyl adjacent to an activating group) is 1. The molecule has 64 valence electrons. The number of rotatable bonds is 1. The SMILES string of the molecule is CN1CCn2nnc(C(=O)[O-])c21.[K+]. The smallest absolute Gasteiger partial charge is 0.543 e. The Hall–Kier alpha value is 0.0464. The average molecular weight is 206 g/mol. The van der Waals surface area contributed by atoms with Gasteiger partial charge in [-0.3, -0.25) is 0 Å². The Morgan fingerprint density at radius 3 is 2.85 bits per heavy atom. The first-order chi connectivity index (χ1) is 5.70. The molecule has 1 aromatic heterocycles. The topological polar surface area (TPSA) is 74.1 Å². The molecule has 0 aromatic carbocycles. The van der Waals surface area contributed by atoms with E-state index in [9.17, 15) is 9.90 Å². The van der Waals surface area contributed by atoms with Gasteiger partial charge in [0.25, 0.3) is 0 Å². The third-order valence-corrected chi connectivity index (χ3v) is 1.91. The summed E-state index contributed by atoms with van der Waals surface area (Å²) < 4.78 is 1.56. The van der Waals surface area contributed by atoms with Crippen LogP contribution in [0, 0.1) is 0 Å². The van der Waals surface area contributed by atoms with Crippen LogP contribution in [-0.4, -0.2) is 34.6 Å². The molecule has 2 rings (SSSR count). The van der Waals surface area contributed by atoms with Crippen LogP contribution < -0.4 is 61.4 Å². The molecule has 0 amide bonds. The van der Waals surface area contributed by atoms with Gasteiger partial charge < -0.3 is 14.8 Å². The largest absolute Gasteiger partial charge is 1.00 e. The van der Waals surface area contributed by atoms with Crippen molar-refractivity contribution in [1.82, 2.24) is 15.0 Å². The molecular formula is C6H7KN4O2.